The van der Waals surface area contributed by atoms with E-state index in [9.17, 15) is 4.79 Å². The number of fused-ring (bicyclic) bond motifs is 1. The Morgan fingerprint density at radius 2 is 2.22 bits per heavy atom. The van der Waals surface area contributed by atoms with Crippen molar-refractivity contribution >= 4 is 33.2 Å². The number of hydrogen-bond acceptors (Lipinski definition) is 6. The number of hydrogen-bond donors (Lipinski definition) is 3. The first-order valence-electron chi connectivity index (χ1n) is 10.5. The minimum Gasteiger partial charge on any atom is -0.493 e. The average molecular weight is 499 g/mol. The zero-order valence-electron chi connectivity index (χ0n) is 17.5. The van der Waals surface area contributed by atoms with Crippen molar-refractivity contribution in [2.45, 2.75) is 18.9 Å². The number of benzene rings is 1. The minimum atomic E-state index is -0.121. The number of nitrogens with one attached hydrogen (secondary N) is 3. The van der Waals surface area contributed by atoms with Crippen molar-refractivity contribution in [2.75, 3.05) is 32.2 Å². The second-order valence-electron chi connectivity index (χ2n) is 7.64. The van der Waals surface area contributed by atoms with Crippen LogP contribution in [0.25, 0.3) is 11.3 Å². The molecule has 1 atom stereocenters. The van der Waals surface area contributed by atoms with Crippen molar-refractivity contribution < 1.29 is 19.0 Å². The summed E-state index contributed by atoms with van der Waals surface area (Å²) in [5, 5.41) is 6.38. The lowest BCUT2D eigenvalue weighted by molar-refractivity contribution is -0.0720. The van der Waals surface area contributed by atoms with E-state index in [1.54, 1.807) is 19.5 Å². The second kappa shape index (κ2) is 8.84. The number of H-pyrrole nitrogens is 1. The summed E-state index contributed by atoms with van der Waals surface area (Å²) >= 11 is 3.53. The van der Waals surface area contributed by atoms with Gasteiger partial charge in [0, 0.05) is 43.4 Å². The number of pyridine rings is 1. The first kappa shape index (κ1) is 20.8. The Kier molecular flexibility index (Phi) is 5.75. The largest absolute Gasteiger partial charge is 0.493 e. The quantitative estimate of drug-likeness (QED) is 0.454. The van der Waals surface area contributed by atoms with E-state index in [1.165, 1.54) is 0 Å². The number of nitrogens with zero attached hydrogens (tertiary/aromatic N) is 1. The van der Waals surface area contributed by atoms with Gasteiger partial charge in [0.2, 0.25) is 0 Å². The number of aromatic amines is 1. The molecule has 0 radical (unpaired) electrons. The standard InChI is InChI=1S/C23H23BrN4O4/c1-30-22-15(24)3-2-4-17(22)28-21-19-16(6-9-26-23(19)29)27-20(21)14-5-8-25-11-18(14)32-12-13-7-10-31-13/h2-5,8,11,13,27-28H,6-7,9-10,12H2,1H3,(H,26,29). The molecule has 2 aliphatic rings. The van der Waals surface area contributed by atoms with Crippen LogP contribution in [0.5, 0.6) is 11.5 Å². The number of para-hydroxylation sites is 1. The predicted octanol–water partition coefficient (Wildman–Crippen LogP) is 4.05. The third-order valence-corrected chi connectivity index (χ3v) is 6.29. The predicted molar refractivity (Wildman–Crippen MR) is 124 cm³/mol. The van der Waals surface area contributed by atoms with Gasteiger partial charge in [0.15, 0.2) is 5.75 Å². The van der Waals surface area contributed by atoms with E-state index in [0.29, 0.717) is 42.3 Å². The third kappa shape index (κ3) is 3.82. The summed E-state index contributed by atoms with van der Waals surface area (Å²) in [6, 6.07) is 7.61. The number of ether oxygens (including phenoxy) is 3. The fraction of sp³-hybridized carbons (Fsp3) is 0.304. The van der Waals surface area contributed by atoms with Crippen molar-refractivity contribution in [2.24, 2.45) is 0 Å². The fourth-order valence-corrected chi connectivity index (χ4v) is 4.48. The maximum Gasteiger partial charge on any atom is 0.255 e. The molecule has 1 fully saturated rings. The molecule has 1 aromatic carbocycles. The molecule has 1 amide bonds. The highest BCUT2D eigenvalue weighted by molar-refractivity contribution is 9.10. The molecule has 4 heterocycles. The Labute approximate surface area is 193 Å². The van der Waals surface area contributed by atoms with Gasteiger partial charge in [0.1, 0.15) is 12.4 Å². The lowest BCUT2D eigenvalue weighted by Gasteiger charge is -2.26. The zero-order chi connectivity index (χ0) is 22.1. The molecule has 2 aromatic heterocycles. The number of anilines is 2. The summed E-state index contributed by atoms with van der Waals surface area (Å²) in [6.07, 6.45) is 5.21. The highest BCUT2D eigenvalue weighted by atomic mass is 79.9. The van der Waals surface area contributed by atoms with Crippen LogP contribution in [0.2, 0.25) is 0 Å². The van der Waals surface area contributed by atoms with Crippen LogP contribution in [0, 0.1) is 0 Å². The normalized spacial score (nSPS) is 17.2. The first-order chi connectivity index (χ1) is 15.7. The number of rotatable bonds is 7. The van der Waals surface area contributed by atoms with Crippen LogP contribution in [-0.4, -0.2) is 48.8 Å². The summed E-state index contributed by atoms with van der Waals surface area (Å²) in [5.41, 5.74) is 4.47. The molecular formula is C23H23BrN4O4. The van der Waals surface area contributed by atoms with E-state index in [1.807, 2.05) is 24.3 Å². The van der Waals surface area contributed by atoms with E-state index < -0.39 is 0 Å². The summed E-state index contributed by atoms with van der Waals surface area (Å²) in [5.74, 6) is 1.16. The summed E-state index contributed by atoms with van der Waals surface area (Å²) < 4.78 is 17.9. The Bertz CT molecular complexity index is 1160. The van der Waals surface area contributed by atoms with Gasteiger partial charge in [-0.15, -0.1) is 0 Å². The Morgan fingerprint density at radius 1 is 1.34 bits per heavy atom. The highest BCUT2D eigenvalue weighted by Gasteiger charge is 2.29. The SMILES string of the molecule is COc1c(Br)cccc1Nc1c(-c2ccncc2OCC2CCO2)[nH]c2c1C(=O)NCC2. The van der Waals surface area contributed by atoms with Crippen LogP contribution in [-0.2, 0) is 11.2 Å². The number of halogens is 1. The average Bonchev–Trinajstić information content (AvgIpc) is 3.12. The van der Waals surface area contributed by atoms with Crippen LogP contribution in [0.1, 0.15) is 22.5 Å². The number of amides is 1. The molecule has 3 aromatic rings. The summed E-state index contributed by atoms with van der Waals surface area (Å²) in [6.45, 7) is 1.82. The van der Waals surface area contributed by atoms with Crippen LogP contribution < -0.4 is 20.1 Å². The van der Waals surface area contributed by atoms with Crippen molar-refractivity contribution in [1.29, 1.82) is 0 Å². The van der Waals surface area contributed by atoms with Gasteiger partial charge < -0.3 is 29.8 Å². The van der Waals surface area contributed by atoms with Crippen LogP contribution in [0.3, 0.4) is 0 Å². The molecule has 1 unspecified atom stereocenters. The second-order valence-corrected chi connectivity index (χ2v) is 8.50. The van der Waals surface area contributed by atoms with Crippen LogP contribution in [0.15, 0.2) is 41.1 Å². The summed E-state index contributed by atoms with van der Waals surface area (Å²) in [4.78, 5) is 20.5. The van der Waals surface area contributed by atoms with Gasteiger partial charge in [-0.2, -0.15) is 0 Å². The third-order valence-electron chi connectivity index (χ3n) is 5.67. The molecule has 3 N–H and O–H groups in total. The lowest BCUT2D eigenvalue weighted by Crippen LogP contribution is -2.32. The highest BCUT2D eigenvalue weighted by Crippen LogP contribution is 2.42. The van der Waals surface area contributed by atoms with E-state index in [-0.39, 0.29) is 12.0 Å². The van der Waals surface area contributed by atoms with Crippen LogP contribution in [0.4, 0.5) is 11.4 Å². The zero-order valence-corrected chi connectivity index (χ0v) is 19.1. The van der Waals surface area contributed by atoms with E-state index in [0.717, 1.165) is 40.1 Å². The molecule has 0 bridgehead atoms. The molecule has 5 rings (SSSR count). The van der Waals surface area contributed by atoms with Gasteiger partial charge >= 0.3 is 0 Å². The molecule has 9 heteroatoms. The van der Waals surface area contributed by atoms with Gasteiger partial charge in [-0.3, -0.25) is 9.78 Å². The smallest absolute Gasteiger partial charge is 0.255 e. The van der Waals surface area contributed by atoms with Crippen molar-refractivity contribution in [3.63, 3.8) is 0 Å². The molecular weight excluding hydrogens is 476 g/mol. The Balaban J connectivity index is 1.60. The number of carbonyl (C=O) groups is 1. The maximum atomic E-state index is 12.8. The molecule has 166 valence electrons. The van der Waals surface area contributed by atoms with Gasteiger partial charge in [0.25, 0.3) is 5.91 Å². The summed E-state index contributed by atoms with van der Waals surface area (Å²) in [7, 11) is 1.61. The van der Waals surface area contributed by atoms with Crippen molar-refractivity contribution in [3.05, 3.63) is 52.4 Å². The van der Waals surface area contributed by atoms with Crippen molar-refractivity contribution in [1.82, 2.24) is 15.3 Å². The maximum absolute atomic E-state index is 12.8. The van der Waals surface area contributed by atoms with Gasteiger partial charge in [-0.05, 0) is 34.1 Å². The van der Waals surface area contributed by atoms with Crippen molar-refractivity contribution in [3.8, 4) is 22.8 Å². The Hall–Kier alpha value is -3.04. The molecule has 32 heavy (non-hydrogen) atoms. The first-order valence-corrected chi connectivity index (χ1v) is 11.3. The Morgan fingerprint density at radius 3 is 3.00 bits per heavy atom. The number of aromatic nitrogens is 2. The molecule has 8 nitrogen and oxygen atoms in total. The molecule has 1 saturated heterocycles. The van der Waals surface area contributed by atoms with Gasteiger partial charge in [-0.1, -0.05) is 6.07 Å². The molecule has 0 spiro atoms. The number of methoxy groups -OCH3 is 1. The van der Waals surface area contributed by atoms with E-state index in [4.69, 9.17) is 14.2 Å². The van der Waals surface area contributed by atoms with E-state index >= 15 is 0 Å². The molecule has 0 saturated carbocycles. The van der Waals surface area contributed by atoms with Gasteiger partial charge in [-0.25, -0.2) is 0 Å². The minimum absolute atomic E-state index is 0.106. The van der Waals surface area contributed by atoms with Crippen LogP contribution >= 0.6 is 15.9 Å². The molecule has 0 aliphatic carbocycles. The number of carbonyl (C=O) groups excluding carboxylic acids is 1. The lowest BCUT2D eigenvalue weighted by atomic mass is 10.0. The van der Waals surface area contributed by atoms with E-state index in [2.05, 4.69) is 36.5 Å². The topological polar surface area (TPSA) is 97.5 Å². The monoisotopic (exact) mass is 498 g/mol. The fourth-order valence-electron chi connectivity index (χ4n) is 3.96. The molecule has 2 aliphatic heterocycles. The van der Waals surface area contributed by atoms with Gasteiger partial charge in [0.05, 0.1) is 46.5 Å².